The second kappa shape index (κ2) is 6.93. The average Bonchev–Trinajstić information content (AvgIpc) is 2.97. The van der Waals surface area contributed by atoms with E-state index in [0.717, 1.165) is 18.5 Å². The summed E-state index contributed by atoms with van der Waals surface area (Å²) in [5, 5.41) is 7.98. The van der Waals surface area contributed by atoms with Gasteiger partial charge in [0, 0.05) is 30.3 Å². The SMILES string of the molecule is C#CCC(CC)NC(C)c1cnn(-c2ccccc2)c1. The first-order valence-electron chi connectivity index (χ1n) is 7.04. The van der Waals surface area contributed by atoms with Crippen LogP contribution in [0, 0.1) is 12.3 Å². The molecule has 0 spiro atoms. The average molecular weight is 267 g/mol. The summed E-state index contributed by atoms with van der Waals surface area (Å²) in [6.07, 6.45) is 11.2. The van der Waals surface area contributed by atoms with Crippen LogP contribution in [0.5, 0.6) is 0 Å². The van der Waals surface area contributed by atoms with E-state index in [1.54, 1.807) is 0 Å². The van der Waals surface area contributed by atoms with Crippen LogP contribution in [0.2, 0.25) is 0 Å². The molecule has 104 valence electrons. The Kier molecular flexibility index (Phi) is 4.97. The highest BCUT2D eigenvalue weighted by atomic mass is 15.3. The number of nitrogens with one attached hydrogen (secondary N) is 1. The van der Waals surface area contributed by atoms with E-state index < -0.39 is 0 Å². The highest BCUT2D eigenvalue weighted by Crippen LogP contribution is 2.16. The molecule has 0 radical (unpaired) electrons. The maximum atomic E-state index is 5.39. The van der Waals surface area contributed by atoms with Crippen LogP contribution in [0.1, 0.15) is 38.3 Å². The van der Waals surface area contributed by atoms with Crippen molar-refractivity contribution in [3.05, 3.63) is 48.3 Å². The van der Waals surface area contributed by atoms with E-state index in [0.29, 0.717) is 6.04 Å². The Balaban J connectivity index is 2.07. The summed E-state index contributed by atoms with van der Waals surface area (Å²) in [6.45, 7) is 4.29. The standard InChI is InChI=1S/C17H21N3/c1-4-9-16(5-2)19-14(3)15-12-18-20(13-15)17-10-7-6-8-11-17/h1,6-8,10-14,16,19H,5,9H2,2-3H3. The number of terminal acetylenes is 1. The van der Waals surface area contributed by atoms with Crippen LogP contribution in [0.15, 0.2) is 42.7 Å². The van der Waals surface area contributed by atoms with Gasteiger partial charge in [-0.3, -0.25) is 0 Å². The van der Waals surface area contributed by atoms with Gasteiger partial charge in [-0.05, 0) is 25.5 Å². The summed E-state index contributed by atoms with van der Waals surface area (Å²) in [4.78, 5) is 0. The summed E-state index contributed by atoms with van der Waals surface area (Å²) in [6, 6.07) is 10.7. The molecule has 1 heterocycles. The van der Waals surface area contributed by atoms with E-state index in [1.807, 2.05) is 41.2 Å². The third-order valence-electron chi connectivity index (χ3n) is 3.47. The topological polar surface area (TPSA) is 29.9 Å². The zero-order valence-corrected chi connectivity index (χ0v) is 12.1. The predicted molar refractivity (Wildman–Crippen MR) is 82.6 cm³/mol. The van der Waals surface area contributed by atoms with Gasteiger partial charge in [-0.1, -0.05) is 25.1 Å². The molecule has 0 saturated carbocycles. The monoisotopic (exact) mass is 267 g/mol. The lowest BCUT2D eigenvalue weighted by atomic mass is 10.1. The molecule has 1 aromatic heterocycles. The van der Waals surface area contributed by atoms with Gasteiger partial charge >= 0.3 is 0 Å². The molecule has 3 nitrogen and oxygen atoms in total. The van der Waals surface area contributed by atoms with Gasteiger partial charge in [0.2, 0.25) is 0 Å². The maximum Gasteiger partial charge on any atom is 0.0645 e. The van der Waals surface area contributed by atoms with Crippen LogP contribution in [0.4, 0.5) is 0 Å². The van der Waals surface area contributed by atoms with Gasteiger partial charge in [-0.2, -0.15) is 5.10 Å². The normalized spacial score (nSPS) is 13.7. The van der Waals surface area contributed by atoms with Crippen molar-refractivity contribution in [2.24, 2.45) is 0 Å². The van der Waals surface area contributed by atoms with Crippen LogP contribution in [0.3, 0.4) is 0 Å². The van der Waals surface area contributed by atoms with Crippen LogP contribution >= 0.6 is 0 Å². The minimum Gasteiger partial charge on any atom is -0.306 e. The fourth-order valence-electron chi connectivity index (χ4n) is 2.20. The van der Waals surface area contributed by atoms with Gasteiger partial charge in [0.05, 0.1) is 11.9 Å². The molecular formula is C17H21N3. The van der Waals surface area contributed by atoms with E-state index in [-0.39, 0.29) is 6.04 Å². The second-order valence-corrected chi connectivity index (χ2v) is 4.96. The predicted octanol–water partition coefficient (Wildman–Crippen LogP) is 3.32. The Hall–Kier alpha value is -2.05. The molecule has 20 heavy (non-hydrogen) atoms. The third kappa shape index (κ3) is 3.49. The lowest BCUT2D eigenvalue weighted by Crippen LogP contribution is -2.30. The van der Waals surface area contributed by atoms with Gasteiger partial charge in [-0.15, -0.1) is 12.3 Å². The first-order valence-corrected chi connectivity index (χ1v) is 7.04. The third-order valence-corrected chi connectivity index (χ3v) is 3.47. The number of hydrogen-bond donors (Lipinski definition) is 1. The van der Waals surface area contributed by atoms with Crippen molar-refractivity contribution >= 4 is 0 Å². The fraction of sp³-hybridized carbons (Fsp3) is 0.353. The fourth-order valence-corrected chi connectivity index (χ4v) is 2.20. The zero-order chi connectivity index (χ0) is 14.4. The first-order chi connectivity index (χ1) is 9.74. The van der Waals surface area contributed by atoms with Crippen LogP contribution < -0.4 is 5.32 Å². The smallest absolute Gasteiger partial charge is 0.0645 e. The second-order valence-electron chi connectivity index (χ2n) is 4.96. The van der Waals surface area contributed by atoms with Crippen molar-refractivity contribution in [1.29, 1.82) is 0 Å². The molecule has 1 aromatic carbocycles. The molecule has 0 saturated heterocycles. The molecule has 0 aliphatic heterocycles. The Morgan fingerprint density at radius 3 is 2.75 bits per heavy atom. The summed E-state index contributed by atoms with van der Waals surface area (Å²) >= 11 is 0. The number of para-hydroxylation sites is 1. The van der Waals surface area contributed by atoms with Crippen molar-refractivity contribution in [2.75, 3.05) is 0 Å². The lowest BCUT2D eigenvalue weighted by Gasteiger charge is -2.19. The Bertz CT molecular complexity index is 565. The molecule has 1 N–H and O–H groups in total. The summed E-state index contributed by atoms with van der Waals surface area (Å²) in [5.41, 5.74) is 2.24. The van der Waals surface area contributed by atoms with E-state index in [9.17, 15) is 0 Å². The van der Waals surface area contributed by atoms with Gasteiger partial charge in [0.1, 0.15) is 0 Å². The van der Waals surface area contributed by atoms with Crippen LogP contribution in [-0.4, -0.2) is 15.8 Å². The lowest BCUT2D eigenvalue weighted by molar-refractivity contribution is 0.449. The van der Waals surface area contributed by atoms with Gasteiger partial charge in [-0.25, -0.2) is 4.68 Å². The number of benzene rings is 1. The van der Waals surface area contributed by atoms with Crippen LogP contribution in [-0.2, 0) is 0 Å². The largest absolute Gasteiger partial charge is 0.306 e. The molecule has 0 amide bonds. The van der Waals surface area contributed by atoms with E-state index in [4.69, 9.17) is 6.42 Å². The number of hydrogen-bond acceptors (Lipinski definition) is 2. The Morgan fingerprint density at radius 1 is 1.35 bits per heavy atom. The van der Waals surface area contributed by atoms with E-state index in [1.165, 1.54) is 5.56 Å². The Labute approximate surface area is 121 Å². The molecular weight excluding hydrogens is 246 g/mol. The minimum absolute atomic E-state index is 0.241. The molecule has 2 rings (SSSR count). The molecule has 0 aliphatic rings. The molecule has 2 aromatic rings. The van der Waals surface area contributed by atoms with Crippen molar-refractivity contribution in [1.82, 2.24) is 15.1 Å². The van der Waals surface area contributed by atoms with Crippen molar-refractivity contribution in [2.45, 2.75) is 38.8 Å². The minimum atomic E-state index is 0.241. The molecule has 0 bridgehead atoms. The summed E-state index contributed by atoms with van der Waals surface area (Å²) < 4.78 is 1.90. The number of nitrogens with zero attached hydrogens (tertiary/aromatic N) is 2. The number of rotatable bonds is 6. The van der Waals surface area contributed by atoms with E-state index >= 15 is 0 Å². The molecule has 2 unspecified atom stereocenters. The van der Waals surface area contributed by atoms with E-state index in [2.05, 4.69) is 36.4 Å². The summed E-state index contributed by atoms with van der Waals surface area (Å²) in [7, 11) is 0. The molecule has 0 aliphatic carbocycles. The first kappa shape index (κ1) is 14.4. The van der Waals surface area contributed by atoms with Gasteiger partial charge in [0.15, 0.2) is 0 Å². The maximum absolute atomic E-state index is 5.39. The summed E-state index contributed by atoms with van der Waals surface area (Å²) in [5.74, 6) is 2.72. The highest BCUT2D eigenvalue weighted by Gasteiger charge is 2.13. The zero-order valence-electron chi connectivity index (χ0n) is 12.1. The molecule has 2 atom stereocenters. The van der Waals surface area contributed by atoms with Gasteiger partial charge in [0.25, 0.3) is 0 Å². The quantitative estimate of drug-likeness (QED) is 0.814. The highest BCUT2D eigenvalue weighted by molar-refractivity contribution is 5.31. The molecule has 0 fully saturated rings. The Morgan fingerprint density at radius 2 is 2.10 bits per heavy atom. The van der Waals surface area contributed by atoms with Gasteiger partial charge < -0.3 is 5.32 Å². The van der Waals surface area contributed by atoms with Crippen molar-refractivity contribution < 1.29 is 0 Å². The number of aromatic nitrogens is 2. The van der Waals surface area contributed by atoms with Crippen LogP contribution in [0.25, 0.3) is 5.69 Å². The molecule has 3 heteroatoms. The van der Waals surface area contributed by atoms with Crippen molar-refractivity contribution in [3.8, 4) is 18.0 Å². The van der Waals surface area contributed by atoms with Crippen molar-refractivity contribution in [3.63, 3.8) is 0 Å².